The van der Waals surface area contributed by atoms with Gasteiger partial charge in [0, 0.05) is 25.8 Å². The van der Waals surface area contributed by atoms with Gasteiger partial charge in [0.1, 0.15) is 11.2 Å². The molecule has 0 bridgehead atoms. The maximum Gasteiger partial charge on any atom is 0.410 e. The molecule has 2 saturated heterocycles. The Morgan fingerprint density at radius 1 is 1.28 bits per heavy atom. The van der Waals surface area contributed by atoms with Crippen molar-refractivity contribution >= 4 is 12.0 Å². The Morgan fingerprint density at radius 3 is 2.60 bits per heavy atom. The van der Waals surface area contributed by atoms with Crippen molar-refractivity contribution in [2.24, 2.45) is 0 Å². The summed E-state index contributed by atoms with van der Waals surface area (Å²) in [5, 5.41) is 0. The summed E-state index contributed by atoms with van der Waals surface area (Å²) in [5.41, 5.74) is 0.870. The van der Waals surface area contributed by atoms with Crippen LogP contribution < -0.4 is 5.56 Å². The quantitative estimate of drug-likeness (QED) is 0.814. The number of carbonyl (C=O) groups excluding carboxylic acids is 2. The number of nitrogens with zero attached hydrogens (tertiary/aromatic N) is 3. The van der Waals surface area contributed by atoms with E-state index in [0.717, 1.165) is 18.5 Å². The van der Waals surface area contributed by atoms with Crippen LogP contribution in [0.25, 0.3) is 0 Å². The highest BCUT2D eigenvalue weighted by Crippen LogP contribution is 2.32. The van der Waals surface area contributed by atoms with Gasteiger partial charge < -0.3 is 19.1 Å². The highest BCUT2D eigenvalue weighted by molar-refractivity contribution is 5.95. The molecule has 2 fully saturated rings. The fraction of sp³-hybridized carbons (Fsp3) is 0.611. The summed E-state index contributed by atoms with van der Waals surface area (Å²) in [7, 11) is 1.70. The van der Waals surface area contributed by atoms with Crippen LogP contribution in [0, 0.1) is 13.8 Å². The van der Waals surface area contributed by atoms with Gasteiger partial charge in [-0.3, -0.25) is 9.59 Å². The predicted molar refractivity (Wildman–Crippen MR) is 92.8 cm³/mol. The molecule has 136 valence electrons. The van der Waals surface area contributed by atoms with Gasteiger partial charge in [-0.05, 0) is 45.2 Å². The van der Waals surface area contributed by atoms with Crippen LogP contribution in [-0.4, -0.2) is 58.7 Å². The Balaban J connectivity index is 1.92. The number of pyridine rings is 1. The molecule has 0 unspecified atom stereocenters. The molecule has 1 atom stereocenters. The molecule has 7 nitrogen and oxygen atoms in total. The Bertz CT molecular complexity index is 785. The van der Waals surface area contributed by atoms with Crippen LogP contribution in [0.4, 0.5) is 4.79 Å². The van der Waals surface area contributed by atoms with E-state index in [4.69, 9.17) is 4.74 Å². The van der Waals surface area contributed by atoms with Crippen LogP contribution >= 0.6 is 0 Å². The molecule has 0 N–H and O–H groups in total. The Kier molecular flexibility index (Phi) is 4.34. The van der Waals surface area contributed by atoms with Crippen molar-refractivity contribution in [2.45, 2.75) is 45.8 Å². The SMILES string of the molecule is CCn1c(C)cc(C)c(C(=O)N2CCC[C@@]3(CN(C)C(=O)O3)C2)c1=O. The Labute approximate surface area is 147 Å². The van der Waals surface area contributed by atoms with Crippen LogP contribution in [0.15, 0.2) is 10.9 Å². The highest BCUT2D eigenvalue weighted by atomic mass is 16.6. The third kappa shape index (κ3) is 2.92. The number of likely N-dealkylation sites (N-methyl/N-ethyl adjacent to an activating group) is 1. The molecule has 1 aromatic rings. The van der Waals surface area contributed by atoms with Gasteiger partial charge in [0.05, 0.1) is 13.1 Å². The van der Waals surface area contributed by atoms with Crippen LogP contribution in [-0.2, 0) is 11.3 Å². The maximum absolute atomic E-state index is 13.1. The molecule has 2 amide bonds. The van der Waals surface area contributed by atoms with Gasteiger partial charge in [0.25, 0.3) is 11.5 Å². The molecule has 0 aromatic carbocycles. The summed E-state index contributed by atoms with van der Waals surface area (Å²) in [4.78, 5) is 40.8. The van der Waals surface area contributed by atoms with Gasteiger partial charge in [0.2, 0.25) is 0 Å². The van der Waals surface area contributed by atoms with Crippen molar-refractivity contribution in [1.29, 1.82) is 0 Å². The number of carbonyl (C=O) groups is 2. The molecule has 7 heteroatoms. The number of piperidine rings is 1. The summed E-state index contributed by atoms with van der Waals surface area (Å²) >= 11 is 0. The minimum atomic E-state index is -0.651. The number of amides is 2. The van der Waals surface area contributed by atoms with Gasteiger partial charge in [-0.1, -0.05) is 0 Å². The maximum atomic E-state index is 13.1. The lowest BCUT2D eigenvalue weighted by Gasteiger charge is -2.38. The highest BCUT2D eigenvalue weighted by Gasteiger charge is 2.47. The van der Waals surface area contributed by atoms with E-state index in [1.165, 1.54) is 4.90 Å². The molecule has 0 radical (unpaired) electrons. The van der Waals surface area contributed by atoms with Crippen LogP contribution in [0.2, 0.25) is 0 Å². The summed E-state index contributed by atoms with van der Waals surface area (Å²) in [6, 6.07) is 1.88. The monoisotopic (exact) mass is 347 g/mol. The standard InChI is InChI=1S/C18H25N3O4/c1-5-21-13(3)9-12(2)14(16(21)23)15(22)20-8-6-7-18(11-20)10-19(4)17(24)25-18/h9H,5-8,10-11H2,1-4H3/t18-/m1/s1. The van der Waals surface area contributed by atoms with E-state index in [9.17, 15) is 14.4 Å². The van der Waals surface area contributed by atoms with Crippen molar-refractivity contribution in [3.63, 3.8) is 0 Å². The normalized spacial score (nSPS) is 23.3. The van der Waals surface area contributed by atoms with E-state index in [-0.39, 0.29) is 23.1 Å². The van der Waals surface area contributed by atoms with Gasteiger partial charge >= 0.3 is 6.09 Å². The number of aryl methyl sites for hydroxylation is 2. The molecule has 0 saturated carbocycles. The number of aromatic nitrogens is 1. The minimum absolute atomic E-state index is 0.224. The van der Waals surface area contributed by atoms with Gasteiger partial charge in [0.15, 0.2) is 0 Å². The third-order valence-electron chi connectivity index (χ3n) is 5.20. The molecule has 0 aliphatic carbocycles. The number of rotatable bonds is 2. The second-order valence-electron chi connectivity index (χ2n) is 7.13. The molecule has 3 heterocycles. The first kappa shape index (κ1) is 17.5. The van der Waals surface area contributed by atoms with Crippen molar-refractivity contribution < 1.29 is 14.3 Å². The van der Waals surface area contributed by atoms with Crippen molar-refractivity contribution in [3.8, 4) is 0 Å². The lowest BCUT2D eigenvalue weighted by Crippen LogP contribution is -2.53. The first-order valence-electron chi connectivity index (χ1n) is 8.72. The van der Waals surface area contributed by atoms with Gasteiger partial charge in [-0.15, -0.1) is 0 Å². The molecule has 1 spiro atoms. The van der Waals surface area contributed by atoms with E-state index >= 15 is 0 Å². The second kappa shape index (κ2) is 6.20. The Morgan fingerprint density at radius 2 is 2.00 bits per heavy atom. The van der Waals surface area contributed by atoms with E-state index in [2.05, 4.69) is 0 Å². The van der Waals surface area contributed by atoms with Crippen molar-refractivity contribution in [3.05, 3.63) is 33.2 Å². The molecule has 25 heavy (non-hydrogen) atoms. The van der Waals surface area contributed by atoms with E-state index in [0.29, 0.717) is 31.7 Å². The molecular formula is C18H25N3O4. The van der Waals surface area contributed by atoms with Crippen molar-refractivity contribution in [1.82, 2.24) is 14.4 Å². The molecule has 3 rings (SSSR count). The zero-order chi connectivity index (χ0) is 18.4. The topological polar surface area (TPSA) is 71.8 Å². The van der Waals surface area contributed by atoms with Crippen molar-refractivity contribution in [2.75, 3.05) is 26.7 Å². The number of hydrogen-bond donors (Lipinski definition) is 0. The van der Waals surface area contributed by atoms with E-state index < -0.39 is 5.60 Å². The average Bonchev–Trinajstić information content (AvgIpc) is 2.80. The zero-order valence-corrected chi connectivity index (χ0v) is 15.3. The first-order chi connectivity index (χ1) is 11.8. The fourth-order valence-electron chi connectivity index (χ4n) is 4.01. The minimum Gasteiger partial charge on any atom is -0.439 e. The molecule has 1 aromatic heterocycles. The average molecular weight is 347 g/mol. The number of likely N-dealkylation sites (tertiary alicyclic amines) is 1. The summed E-state index contributed by atoms with van der Waals surface area (Å²) in [5.74, 6) is -0.269. The predicted octanol–water partition coefficient (Wildman–Crippen LogP) is 1.54. The van der Waals surface area contributed by atoms with Gasteiger partial charge in [-0.2, -0.15) is 0 Å². The largest absolute Gasteiger partial charge is 0.439 e. The lowest BCUT2D eigenvalue weighted by atomic mass is 9.92. The molecule has 2 aliphatic heterocycles. The summed E-state index contributed by atoms with van der Waals surface area (Å²) < 4.78 is 7.17. The smallest absolute Gasteiger partial charge is 0.410 e. The fourth-order valence-corrected chi connectivity index (χ4v) is 4.01. The van der Waals surface area contributed by atoms with Crippen LogP contribution in [0.5, 0.6) is 0 Å². The van der Waals surface area contributed by atoms with E-state index in [1.807, 2.05) is 19.9 Å². The Hall–Kier alpha value is -2.31. The summed E-state index contributed by atoms with van der Waals surface area (Å²) in [6.45, 7) is 7.46. The summed E-state index contributed by atoms with van der Waals surface area (Å²) in [6.07, 6.45) is 1.13. The molecule has 2 aliphatic rings. The van der Waals surface area contributed by atoms with Crippen LogP contribution in [0.3, 0.4) is 0 Å². The second-order valence-corrected chi connectivity index (χ2v) is 7.13. The van der Waals surface area contributed by atoms with E-state index in [1.54, 1.807) is 23.4 Å². The number of hydrogen-bond acceptors (Lipinski definition) is 4. The lowest BCUT2D eigenvalue weighted by molar-refractivity contribution is -0.00533. The van der Waals surface area contributed by atoms with Crippen LogP contribution in [0.1, 0.15) is 41.4 Å². The number of ether oxygens (including phenoxy) is 1. The third-order valence-corrected chi connectivity index (χ3v) is 5.20. The van der Waals surface area contributed by atoms with Gasteiger partial charge in [-0.25, -0.2) is 4.79 Å². The molecular weight excluding hydrogens is 322 g/mol. The first-order valence-corrected chi connectivity index (χ1v) is 8.72. The zero-order valence-electron chi connectivity index (χ0n) is 15.3.